The van der Waals surface area contributed by atoms with Crippen LogP contribution >= 0.6 is 0 Å². The zero-order valence-electron chi connectivity index (χ0n) is 17.6. The molecule has 2 aromatic rings. The summed E-state index contributed by atoms with van der Waals surface area (Å²) in [6.45, 7) is 8.29. The lowest BCUT2D eigenvalue weighted by molar-refractivity contribution is -0.131. The van der Waals surface area contributed by atoms with Gasteiger partial charge in [-0.3, -0.25) is 4.79 Å². The summed E-state index contributed by atoms with van der Waals surface area (Å²) in [5.74, 6) is -0.724. The molecule has 1 heterocycles. The molecule has 1 aliphatic heterocycles. The number of likely N-dealkylation sites (N-methyl/N-ethyl adjacent to an activating group) is 1. The van der Waals surface area contributed by atoms with Crippen molar-refractivity contribution in [1.29, 1.82) is 0 Å². The molecule has 0 bridgehead atoms. The number of aryl methyl sites for hydroxylation is 1. The molecule has 1 saturated heterocycles. The Labute approximate surface area is 177 Å². The summed E-state index contributed by atoms with van der Waals surface area (Å²) in [6, 6.07) is 10.9. The van der Waals surface area contributed by atoms with Crippen LogP contribution in [-0.4, -0.2) is 62.8 Å². The minimum absolute atomic E-state index is 0.0155. The van der Waals surface area contributed by atoms with Gasteiger partial charge in [0.1, 0.15) is 5.82 Å². The number of hydrogen-bond donors (Lipinski definition) is 0. The molecule has 3 rings (SSSR count). The van der Waals surface area contributed by atoms with Crippen LogP contribution in [0.4, 0.5) is 10.1 Å². The van der Waals surface area contributed by atoms with Gasteiger partial charge in [-0.05, 0) is 55.3 Å². The summed E-state index contributed by atoms with van der Waals surface area (Å²) in [5.41, 5.74) is 3.64. The summed E-state index contributed by atoms with van der Waals surface area (Å²) >= 11 is 0. The highest BCUT2D eigenvalue weighted by atomic mass is 32.2. The number of carbonyl (C=O) groups excluding carboxylic acids is 1. The van der Waals surface area contributed by atoms with Crippen LogP contribution in [0, 0.1) is 19.7 Å². The van der Waals surface area contributed by atoms with E-state index in [0.29, 0.717) is 26.2 Å². The van der Waals surface area contributed by atoms with E-state index in [9.17, 15) is 17.6 Å². The van der Waals surface area contributed by atoms with Crippen molar-refractivity contribution >= 4 is 21.6 Å². The minimum atomic E-state index is -3.86. The number of benzene rings is 2. The quantitative estimate of drug-likeness (QED) is 0.703. The van der Waals surface area contributed by atoms with Crippen molar-refractivity contribution in [2.45, 2.75) is 25.7 Å². The van der Waals surface area contributed by atoms with Crippen molar-refractivity contribution in [3.05, 3.63) is 59.4 Å². The SMILES string of the molecule is CCN(CC(=O)N1CCN(c2cccc(C)c2C)CC1)S(=O)(=O)c1ccc(F)cc1. The fraction of sp³-hybridized carbons (Fsp3) is 0.409. The van der Waals surface area contributed by atoms with Gasteiger partial charge in [-0.2, -0.15) is 4.31 Å². The van der Waals surface area contributed by atoms with Crippen LogP contribution in [0.25, 0.3) is 0 Å². The Hall–Kier alpha value is -2.45. The van der Waals surface area contributed by atoms with Crippen molar-refractivity contribution < 1.29 is 17.6 Å². The summed E-state index contributed by atoms with van der Waals surface area (Å²) in [7, 11) is -3.86. The van der Waals surface area contributed by atoms with Crippen molar-refractivity contribution in [3.8, 4) is 0 Å². The van der Waals surface area contributed by atoms with Gasteiger partial charge >= 0.3 is 0 Å². The zero-order chi connectivity index (χ0) is 21.9. The van der Waals surface area contributed by atoms with E-state index in [0.717, 1.165) is 16.4 Å². The topological polar surface area (TPSA) is 60.9 Å². The lowest BCUT2D eigenvalue weighted by Gasteiger charge is -2.37. The minimum Gasteiger partial charge on any atom is -0.368 e. The molecule has 8 heteroatoms. The van der Waals surface area contributed by atoms with Crippen molar-refractivity contribution in [2.24, 2.45) is 0 Å². The highest BCUT2D eigenvalue weighted by Crippen LogP contribution is 2.24. The van der Waals surface area contributed by atoms with Crippen LogP contribution in [0.2, 0.25) is 0 Å². The maximum atomic E-state index is 13.1. The Morgan fingerprint density at radius 2 is 1.67 bits per heavy atom. The second kappa shape index (κ2) is 9.14. The molecule has 1 amide bonds. The highest BCUT2D eigenvalue weighted by molar-refractivity contribution is 7.89. The first-order valence-corrected chi connectivity index (χ1v) is 11.5. The first-order valence-electron chi connectivity index (χ1n) is 10.1. The van der Waals surface area contributed by atoms with E-state index in [1.165, 1.54) is 28.9 Å². The number of piperazine rings is 1. The monoisotopic (exact) mass is 433 g/mol. The van der Waals surface area contributed by atoms with E-state index in [2.05, 4.69) is 30.9 Å². The molecule has 0 radical (unpaired) electrons. The number of halogens is 1. The van der Waals surface area contributed by atoms with Crippen LogP contribution in [0.5, 0.6) is 0 Å². The Kier molecular flexibility index (Phi) is 6.77. The summed E-state index contributed by atoms with van der Waals surface area (Å²) in [6.07, 6.45) is 0. The van der Waals surface area contributed by atoms with E-state index in [1.807, 2.05) is 6.07 Å². The second-order valence-electron chi connectivity index (χ2n) is 7.47. The van der Waals surface area contributed by atoms with E-state index in [4.69, 9.17) is 0 Å². The van der Waals surface area contributed by atoms with E-state index < -0.39 is 15.8 Å². The van der Waals surface area contributed by atoms with Gasteiger partial charge in [0, 0.05) is 38.4 Å². The number of carbonyl (C=O) groups is 1. The maximum Gasteiger partial charge on any atom is 0.243 e. The lowest BCUT2D eigenvalue weighted by atomic mass is 10.1. The number of nitrogens with zero attached hydrogens (tertiary/aromatic N) is 3. The largest absolute Gasteiger partial charge is 0.368 e. The fourth-order valence-electron chi connectivity index (χ4n) is 3.65. The molecule has 0 aromatic heterocycles. The fourth-order valence-corrected chi connectivity index (χ4v) is 5.05. The van der Waals surface area contributed by atoms with Crippen molar-refractivity contribution in [3.63, 3.8) is 0 Å². The Balaban J connectivity index is 1.64. The van der Waals surface area contributed by atoms with Gasteiger partial charge in [0.05, 0.1) is 11.4 Å². The molecule has 0 aliphatic carbocycles. The number of amides is 1. The van der Waals surface area contributed by atoms with Gasteiger partial charge in [0.15, 0.2) is 0 Å². The molecule has 1 fully saturated rings. The number of hydrogen-bond acceptors (Lipinski definition) is 4. The third-order valence-corrected chi connectivity index (χ3v) is 7.60. The third kappa shape index (κ3) is 4.65. The molecule has 0 unspecified atom stereocenters. The van der Waals surface area contributed by atoms with Crippen LogP contribution in [-0.2, 0) is 14.8 Å². The Morgan fingerprint density at radius 1 is 1.03 bits per heavy atom. The van der Waals surface area contributed by atoms with Crippen LogP contribution in [0.3, 0.4) is 0 Å². The van der Waals surface area contributed by atoms with Gasteiger partial charge in [-0.25, -0.2) is 12.8 Å². The molecule has 0 spiro atoms. The average Bonchev–Trinajstić information content (AvgIpc) is 2.74. The molecule has 0 atom stereocenters. The predicted molar refractivity (Wildman–Crippen MR) is 116 cm³/mol. The normalized spacial score (nSPS) is 15.0. The Bertz CT molecular complexity index is 1000. The van der Waals surface area contributed by atoms with Crippen LogP contribution < -0.4 is 4.90 Å². The first kappa shape index (κ1) is 22.2. The molecule has 30 heavy (non-hydrogen) atoms. The average molecular weight is 434 g/mol. The maximum absolute atomic E-state index is 13.1. The molecule has 6 nitrogen and oxygen atoms in total. The van der Waals surface area contributed by atoms with Gasteiger partial charge in [-0.15, -0.1) is 0 Å². The van der Waals surface area contributed by atoms with Crippen LogP contribution in [0.1, 0.15) is 18.1 Å². The number of sulfonamides is 1. The number of rotatable bonds is 6. The van der Waals surface area contributed by atoms with E-state index in [1.54, 1.807) is 11.8 Å². The summed E-state index contributed by atoms with van der Waals surface area (Å²) in [5, 5.41) is 0. The molecule has 0 N–H and O–H groups in total. The molecule has 1 aliphatic rings. The molecular weight excluding hydrogens is 405 g/mol. The molecule has 0 saturated carbocycles. The van der Waals surface area contributed by atoms with Gasteiger partial charge in [0.2, 0.25) is 15.9 Å². The lowest BCUT2D eigenvalue weighted by Crippen LogP contribution is -2.52. The van der Waals surface area contributed by atoms with Gasteiger partial charge in [-0.1, -0.05) is 19.1 Å². The zero-order valence-corrected chi connectivity index (χ0v) is 18.5. The smallest absolute Gasteiger partial charge is 0.243 e. The standard InChI is InChI=1S/C22H28FN3O3S/c1-4-26(30(28,29)20-10-8-19(23)9-11-20)16-22(27)25-14-12-24(13-15-25)21-7-5-6-17(2)18(21)3/h5-11H,4,12-16H2,1-3H3. The van der Waals surface area contributed by atoms with Crippen molar-refractivity contribution in [1.82, 2.24) is 9.21 Å². The second-order valence-corrected chi connectivity index (χ2v) is 9.41. The van der Waals surface area contributed by atoms with Gasteiger partial charge < -0.3 is 9.80 Å². The number of anilines is 1. The molecular formula is C22H28FN3O3S. The van der Waals surface area contributed by atoms with E-state index >= 15 is 0 Å². The highest BCUT2D eigenvalue weighted by Gasteiger charge is 2.29. The molecule has 162 valence electrons. The summed E-state index contributed by atoms with van der Waals surface area (Å²) in [4.78, 5) is 16.8. The summed E-state index contributed by atoms with van der Waals surface area (Å²) < 4.78 is 39.9. The Morgan fingerprint density at radius 3 is 2.27 bits per heavy atom. The molecule has 2 aromatic carbocycles. The van der Waals surface area contributed by atoms with E-state index in [-0.39, 0.29) is 23.9 Å². The van der Waals surface area contributed by atoms with Crippen LogP contribution in [0.15, 0.2) is 47.4 Å². The first-order chi connectivity index (χ1) is 14.2. The predicted octanol–water partition coefficient (Wildman–Crippen LogP) is 2.80. The van der Waals surface area contributed by atoms with Gasteiger partial charge in [0.25, 0.3) is 0 Å². The third-order valence-electron chi connectivity index (χ3n) is 5.66. The van der Waals surface area contributed by atoms with Crippen molar-refractivity contribution in [2.75, 3.05) is 44.2 Å².